The van der Waals surface area contributed by atoms with Crippen LogP contribution in [0.3, 0.4) is 0 Å². The van der Waals surface area contributed by atoms with Gasteiger partial charge in [0, 0.05) is 24.1 Å². The maximum Gasteiger partial charge on any atom is 0.255 e. The van der Waals surface area contributed by atoms with Crippen LogP contribution < -0.4 is 10.8 Å². The van der Waals surface area contributed by atoms with E-state index in [1.807, 2.05) is 0 Å². The van der Waals surface area contributed by atoms with Crippen molar-refractivity contribution in [2.24, 2.45) is 0 Å². The molecule has 1 heterocycles. The molecular formula is C19H22Cl2N4O5S. The van der Waals surface area contributed by atoms with E-state index in [0.29, 0.717) is 22.5 Å². The number of hydroxylamine groups is 1. The van der Waals surface area contributed by atoms with Crippen LogP contribution in [-0.4, -0.2) is 61.0 Å². The minimum atomic E-state index is -0.450. The van der Waals surface area contributed by atoms with Crippen molar-refractivity contribution < 1.29 is 24.0 Å². The third kappa shape index (κ3) is 8.08. The molecule has 0 aliphatic heterocycles. The van der Waals surface area contributed by atoms with Gasteiger partial charge in [0.05, 0.1) is 35.9 Å². The van der Waals surface area contributed by atoms with Gasteiger partial charge in [0.15, 0.2) is 5.13 Å². The first-order chi connectivity index (χ1) is 14.8. The van der Waals surface area contributed by atoms with Crippen LogP contribution in [0.5, 0.6) is 0 Å². The highest BCUT2D eigenvalue weighted by atomic mass is 35.5. The Morgan fingerprint density at radius 2 is 2.00 bits per heavy atom. The van der Waals surface area contributed by atoms with E-state index in [-0.39, 0.29) is 42.6 Å². The fourth-order valence-corrected chi connectivity index (χ4v) is 3.63. The highest BCUT2D eigenvalue weighted by Crippen LogP contribution is 2.22. The molecule has 9 nitrogen and oxygen atoms in total. The Morgan fingerprint density at radius 1 is 1.23 bits per heavy atom. The minimum Gasteiger partial charge on any atom is -0.383 e. The summed E-state index contributed by atoms with van der Waals surface area (Å²) in [6.45, 7) is 2.28. The molecule has 0 aliphatic rings. The van der Waals surface area contributed by atoms with Gasteiger partial charge in [-0.1, -0.05) is 23.2 Å². The molecule has 0 aliphatic carbocycles. The lowest BCUT2D eigenvalue weighted by Crippen LogP contribution is -2.40. The molecule has 12 heteroatoms. The van der Waals surface area contributed by atoms with Gasteiger partial charge >= 0.3 is 0 Å². The number of rotatable bonds is 11. The van der Waals surface area contributed by atoms with Gasteiger partial charge < -0.3 is 15.0 Å². The number of nitrogens with one attached hydrogen (secondary N) is 2. The zero-order chi connectivity index (χ0) is 22.8. The summed E-state index contributed by atoms with van der Waals surface area (Å²) in [7, 11) is 1.50. The average molecular weight is 489 g/mol. The molecule has 0 saturated heterocycles. The highest BCUT2D eigenvalue weighted by molar-refractivity contribution is 7.13. The largest absolute Gasteiger partial charge is 0.383 e. The lowest BCUT2D eigenvalue weighted by Gasteiger charge is -2.22. The Kier molecular flexibility index (Phi) is 10.2. The van der Waals surface area contributed by atoms with E-state index >= 15 is 0 Å². The van der Waals surface area contributed by atoms with Crippen LogP contribution in [0.2, 0.25) is 10.0 Å². The summed E-state index contributed by atoms with van der Waals surface area (Å²) in [5.74, 6) is -1.23. The molecule has 0 atom stereocenters. The first kappa shape index (κ1) is 25.0. The lowest BCUT2D eigenvalue weighted by atomic mass is 10.2. The monoisotopic (exact) mass is 488 g/mol. The summed E-state index contributed by atoms with van der Waals surface area (Å²) < 4.78 is 5.04. The van der Waals surface area contributed by atoms with Crippen LogP contribution >= 0.6 is 34.5 Å². The van der Waals surface area contributed by atoms with Gasteiger partial charge in [-0.05, 0) is 25.1 Å². The van der Waals surface area contributed by atoms with E-state index in [0.717, 1.165) is 0 Å². The number of carbonyl (C=O) groups is 3. The molecule has 0 fully saturated rings. The number of anilines is 1. The van der Waals surface area contributed by atoms with Crippen LogP contribution in [0.1, 0.15) is 23.0 Å². The zero-order valence-electron chi connectivity index (χ0n) is 16.9. The van der Waals surface area contributed by atoms with Gasteiger partial charge in [0.2, 0.25) is 11.8 Å². The lowest BCUT2D eigenvalue weighted by molar-refractivity contribution is -0.132. The summed E-state index contributed by atoms with van der Waals surface area (Å²) in [5, 5.41) is 5.19. The van der Waals surface area contributed by atoms with Gasteiger partial charge in [-0.15, -0.1) is 11.3 Å². The molecule has 2 N–H and O–H groups in total. The zero-order valence-corrected chi connectivity index (χ0v) is 19.3. The number of benzene rings is 1. The number of nitrogens with zero attached hydrogens (tertiary/aromatic N) is 2. The van der Waals surface area contributed by atoms with Crippen LogP contribution in [0.4, 0.5) is 5.13 Å². The molecule has 1 aromatic carbocycles. The van der Waals surface area contributed by atoms with Gasteiger partial charge in [-0.25, -0.2) is 10.5 Å². The van der Waals surface area contributed by atoms with Gasteiger partial charge in [0.25, 0.3) is 5.91 Å². The standard InChI is InChI=1S/C19H22Cl2N4O5S/c1-3-30-24-16(26)9-13-11-31-19(22-13)23-17(27)10-25(6-7-29-2)18(28)14-5-4-12(20)8-15(14)21/h4-5,8,11H,3,6-7,9-10H2,1-2H3,(H,24,26)(H,22,23,27). The van der Waals surface area contributed by atoms with Crippen LogP contribution in [0.15, 0.2) is 23.6 Å². The predicted octanol–water partition coefficient (Wildman–Crippen LogP) is 2.79. The van der Waals surface area contributed by atoms with Gasteiger partial charge in [-0.2, -0.15) is 0 Å². The molecule has 0 unspecified atom stereocenters. The molecule has 2 aromatic rings. The molecule has 0 saturated carbocycles. The Hall–Kier alpha value is -2.24. The number of hydrogen-bond donors (Lipinski definition) is 2. The molecule has 31 heavy (non-hydrogen) atoms. The van der Waals surface area contributed by atoms with E-state index in [9.17, 15) is 14.4 Å². The number of hydrogen-bond acceptors (Lipinski definition) is 7. The Labute approximate surface area is 193 Å². The molecule has 0 bridgehead atoms. The minimum absolute atomic E-state index is 0.0138. The van der Waals surface area contributed by atoms with E-state index in [2.05, 4.69) is 15.8 Å². The summed E-state index contributed by atoms with van der Waals surface area (Å²) in [6.07, 6.45) is 0.0138. The average Bonchev–Trinajstić information content (AvgIpc) is 3.15. The summed E-state index contributed by atoms with van der Waals surface area (Å²) >= 11 is 13.2. The second-order valence-corrected chi connectivity index (χ2v) is 7.87. The van der Waals surface area contributed by atoms with Crippen molar-refractivity contribution in [3.05, 3.63) is 44.9 Å². The Morgan fingerprint density at radius 3 is 2.68 bits per heavy atom. The maximum absolute atomic E-state index is 12.9. The molecule has 1 aromatic heterocycles. The molecule has 2 rings (SSSR count). The van der Waals surface area contributed by atoms with E-state index < -0.39 is 11.8 Å². The SMILES string of the molecule is CCONC(=O)Cc1csc(NC(=O)CN(CCOC)C(=O)c2ccc(Cl)cc2Cl)n1. The van der Waals surface area contributed by atoms with E-state index in [4.69, 9.17) is 32.8 Å². The van der Waals surface area contributed by atoms with Gasteiger partial charge in [0.1, 0.15) is 6.54 Å². The maximum atomic E-state index is 12.9. The van der Waals surface area contributed by atoms with Crippen LogP contribution in [0.25, 0.3) is 0 Å². The fourth-order valence-electron chi connectivity index (χ4n) is 2.42. The van der Waals surface area contributed by atoms with Crippen molar-refractivity contribution in [1.82, 2.24) is 15.4 Å². The number of methoxy groups -OCH3 is 1. The third-order valence-electron chi connectivity index (χ3n) is 3.82. The van der Waals surface area contributed by atoms with Crippen molar-refractivity contribution in [2.45, 2.75) is 13.3 Å². The topological polar surface area (TPSA) is 110 Å². The van der Waals surface area contributed by atoms with Crippen molar-refractivity contribution in [3.8, 4) is 0 Å². The number of halogens is 2. The van der Waals surface area contributed by atoms with E-state index in [1.54, 1.807) is 18.4 Å². The quantitative estimate of drug-likeness (QED) is 0.470. The van der Waals surface area contributed by atoms with Gasteiger partial charge in [-0.3, -0.25) is 19.2 Å². The molecule has 168 valence electrons. The second-order valence-electron chi connectivity index (χ2n) is 6.17. The normalized spacial score (nSPS) is 10.6. The van der Waals surface area contributed by atoms with Crippen LogP contribution in [0, 0.1) is 0 Å². The fraction of sp³-hybridized carbons (Fsp3) is 0.368. The predicted molar refractivity (Wildman–Crippen MR) is 118 cm³/mol. The van der Waals surface area contributed by atoms with Crippen molar-refractivity contribution >= 4 is 57.4 Å². The molecule has 0 radical (unpaired) electrons. The van der Waals surface area contributed by atoms with Crippen LogP contribution in [-0.2, 0) is 25.6 Å². The molecule has 3 amide bonds. The number of aromatic nitrogens is 1. The Bertz CT molecular complexity index is 924. The number of carbonyl (C=O) groups excluding carboxylic acids is 3. The molecule has 0 spiro atoms. The van der Waals surface area contributed by atoms with Crippen molar-refractivity contribution in [1.29, 1.82) is 0 Å². The summed E-state index contributed by atoms with van der Waals surface area (Å²) in [5.41, 5.74) is 2.99. The molecular weight excluding hydrogens is 467 g/mol. The smallest absolute Gasteiger partial charge is 0.255 e. The first-order valence-corrected chi connectivity index (χ1v) is 10.9. The van der Waals surface area contributed by atoms with Crippen molar-refractivity contribution in [2.75, 3.05) is 38.7 Å². The summed E-state index contributed by atoms with van der Waals surface area (Å²) in [6, 6.07) is 4.52. The first-order valence-electron chi connectivity index (χ1n) is 9.22. The van der Waals surface area contributed by atoms with Crippen molar-refractivity contribution in [3.63, 3.8) is 0 Å². The highest BCUT2D eigenvalue weighted by Gasteiger charge is 2.21. The number of ether oxygens (including phenoxy) is 1. The Balaban J connectivity index is 2.01. The summed E-state index contributed by atoms with van der Waals surface area (Å²) in [4.78, 5) is 47.4. The number of amides is 3. The second kappa shape index (κ2) is 12.6. The van der Waals surface area contributed by atoms with E-state index in [1.165, 1.54) is 35.5 Å². The third-order valence-corrected chi connectivity index (χ3v) is 5.17. The number of thiazole rings is 1.